The second-order valence-corrected chi connectivity index (χ2v) is 4.77. The van der Waals surface area contributed by atoms with Gasteiger partial charge in [0.25, 0.3) is 0 Å². The van der Waals surface area contributed by atoms with Crippen molar-refractivity contribution in [3.63, 3.8) is 0 Å². The molecule has 0 spiro atoms. The van der Waals surface area contributed by atoms with Gasteiger partial charge in [-0.15, -0.1) is 0 Å². The van der Waals surface area contributed by atoms with Gasteiger partial charge in [0, 0.05) is 7.05 Å². The lowest BCUT2D eigenvalue weighted by Crippen LogP contribution is -2.51. The molecular formula is C15H21N3O4. The number of hydrogen-bond acceptors (Lipinski definition) is 4. The van der Waals surface area contributed by atoms with Crippen molar-refractivity contribution in [1.29, 1.82) is 0 Å². The zero-order valence-corrected chi connectivity index (χ0v) is 12.9. The number of hydrogen-bond donors (Lipinski definition) is 3. The van der Waals surface area contributed by atoms with E-state index in [0.29, 0.717) is 0 Å². The first-order valence-electron chi connectivity index (χ1n) is 6.93. The van der Waals surface area contributed by atoms with Crippen molar-refractivity contribution < 1.29 is 19.1 Å². The van der Waals surface area contributed by atoms with E-state index in [4.69, 9.17) is 4.74 Å². The number of nitrogens with one attached hydrogen (secondary N) is 3. The van der Waals surface area contributed by atoms with Gasteiger partial charge in [-0.2, -0.15) is 0 Å². The first-order valence-corrected chi connectivity index (χ1v) is 6.93. The average molecular weight is 307 g/mol. The molecule has 0 fully saturated rings. The van der Waals surface area contributed by atoms with Gasteiger partial charge in [-0.1, -0.05) is 30.3 Å². The van der Waals surface area contributed by atoms with Crippen molar-refractivity contribution >= 4 is 17.9 Å². The topological polar surface area (TPSA) is 96.5 Å². The van der Waals surface area contributed by atoms with Crippen LogP contribution in [-0.4, -0.2) is 37.0 Å². The predicted octanol–water partition coefficient (Wildman–Crippen LogP) is 0.552. The van der Waals surface area contributed by atoms with E-state index in [1.54, 1.807) is 6.92 Å². The molecule has 0 heterocycles. The van der Waals surface area contributed by atoms with Gasteiger partial charge in [0.2, 0.25) is 11.8 Å². The molecule has 2 atom stereocenters. The van der Waals surface area contributed by atoms with Crippen LogP contribution in [0.4, 0.5) is 4.79 Å². The number of alkyl carbamates (subject to hydrolysis) is 1. The van der Waals surface area contributed by atoms with Crippen LogP contribution < -0.4 is 16.0 Å². The van der Waals surface area contributed by atoms with E-state index >= 15 is 0 Å². The SMILES string of the molecule is CNC(=O)[C@H](C)NC(=O)[C@H](C)NC(=O)OCc1ccccc1. The number of rotatable bonds is 6. The summed E-state index contributed by atoms with van der Waals surface area (Å²) in [6, 6.07) is 7.71. The minimum Gasteiger partial charge on any atom is -0.445 e. The summed E-state index contributed by atoms with van der Waals surface area (Å²) >= 11 is 0. The largest absolute Gasteiger partial charge is 0.445 e. The minimum atomic E-state index is -0.810. The molecule has 22 heavy (non-hydrogen) atoms. The highest BCUT2D eigenvalue weighted by Crippen LogP contribution is 2.00. The molecule has 1 rings (SSSR count). The average Bonchev–Trinajstić information content (AvgIpc) is 2.52. The molecule has 0 aliphatic rings. The van der Waals surface area contributed by atoms with Crippen LogP contribution in [0, 0.1) is 0 Å². The van der Waals surface area contributed by atoms with E-state index in [9.17, 15) is 14.4 Å². The predicted molar refractivity (Wildman–Crippen MR) is 80.9 cm³/mol. The Balaban J connectivity index is 2.37. The molecule has 0 unspecified atom stereocenters. The highest BCUT2D eigenvalue weighted by atomic mass is 16.5. The van der Waals surface area contributed by atoms with Crippen LogP contribution >= 0.6 is 0 Å². The van der Waals surface area contributed by atoms with E-state index in [2.05, 4.69) is 16.0 Å². The minimum absolute atomic E-state index is 0.121. The molecule has 0 aliphatic carbocycles. The molecule has 120 valence electrons. The summed E-state index contributed by atoms with van der Waals surface area (Å²) in [6.07, 6.45) is -0.695. The Kier molecular flexibility index (Phi) is 6.88. The monoisotopic (exact) mass is 307 g/mol. The summed E-state index contributed by atoms with van der Waals surface area (Å²) in [4.78, 5) is 34.8. The van der Waals surface area contributed by atoms with Crippen molar-refractivity contribution in [2.75, 3.05) is 7.05 Å². The van der Waals surface area contributed by atoms with Gasteiger partial charge in [-0.3, -0.25) is 9.59 Å². The van der Waals surface area contributed by atoms with E-state index in [1.807, 2.05) is 30.3 Å². The molecule has 0 saturated heterocycles. The zero-order chi connectivity index (χ0) is 16.5. The summed E-state index contributed by atoms with van der Waals surface area (Å²) in [6.45, 7) is 3.18. The quantitative estimate of drug-likeness (QED) is 0.715. The number of likely N-dealkylation sites (N-methyl/N-ethyl adjacent to an activating group) is 1. The highest BCUT2D eigenvalue weighted by Gasteiger charge is 2.20. The van der Waals surface area contributed by atoms with E-state index in [1.165, 1.54) is 14.0 Å². The van der Waals surface area contributed by atoms with Gasteiger partial charge in [0.05, 0.1) is 0 Å². The van der Waals surface area contributed by atoms with E-state index in [0.717, 1.165) is 5.56 Å². The number of ether oxygens (including phenoxy) is 1. The molecule has 0 aromatic heterocycles. The lowest BCUT2D eigenvalue weighted by molar-refractivity contribution is -0.129. The van der Waals surface area contributed by atoms with Crippen LogP contribution in [0.1, 0.15) is 19.4 Å². The first-order chi connectivity index (χ1) is 10.4. The summed E-state index contributed by atoms with van der Waals surface area (Å²) in [5.41, 5.74) is 0.850. The highest BCUT2D eigenvalue weighted by molar-refractivity contribution is 5.90. The molecule has 0 aliphatic heterocycles. The Morgan fingerprint density at radius 2 is 1.59 bits per heavy atom. The third kappa shape index (κ3) is 5.82. The van der Waals surface area contributed by atoms with Gasteiger partial charge in [0.1, 0.15) is 18.7 Å². The van der Waals surface area contributed by atoms with Crippen LogP contribution in [0.3, 0.4) is 0 Å². The summed E-state index contributed by atoms with van der Waals surface area (Å²) in [7, 11) is 1.48. The Morgan fingerprint density at radius 1 is 1.00 bits per heavy atom. The second kappa shape index (κ2) is 8.66. The number of carbonyl (C=O) groups excluding carboxylic acids is 3. The lowest BCUT2D eigenvalue weighted by Gasteiger charge is -2.17. The third-order valence-corrected chi connectivity index (χ3v) is 2.94. The normalized spacial score (nSPS) is 12.7. The van der Waals surface area contributed by atoms with Crippen LogP contribution in [0.25, 0.3) is 0 Å². The molecule has 1 aromatic rings. The summed E-state index contributed by atoms with van der Waals surface area (Å²) < 4.78 is 5.01. The molecule has 3 amide bonds. The Labute approximate surface area is 129 Å². The Bertz CT molecular complexity index is 519. The Hall–Kier alpha value is -2.57. The van der Waals surface area contributed by atoms with Gasteiger partial charge in [0.15, 0.2) is 0 Å². The third-order valence-electron chi connectivity index (χ3n) is 2.94. The maximum absolute atomic E-state index is 11.8. The molecule has 7 nitrogen and oxygen atoms in total. The molecule has 0 radical (unpaired) electrons. The molecule has 7 heteroatoms. The zero-order valence-electron chi connectivity index (χ0n) is 12.9. The van der Waals surface area contributed by atoms with Crippen LogP contribution in [0.15, 0.2) is 30.3 Å². The number of amides is 3. The van der Waals surface area contributed by atoms with E-state index < -0.39 is 24.1 Å². The van der Waals surface area contributed by atoms with Crippen LogP contribution in [-0.2, 0) is 20.9 Å². The van der Waals surface area contributed by atoms with Crippen molar-refractivity contribution in [2.24, 2.45) is 0 Å². The van der Waals surface area contributed by atoms with Gasteiger partial charge >= 0.3 is 6.09 Å². The molecule has 0 bridgehead atoms. The molecule has 1 aromatic carbocycles. The van der Waals surface area contributed by atoms with Crippen LogP contribution in [0.2, 0.25) is 0 Å². The fourth-order valence-electron chi connectivity index (χ4n) is 1.63. The summed E-state index contributed by atoms with van der Waals surface area (Å²) in [5, 5.41) is 7.32. The van der Waals surface area contributed by atoms with Crippen LogP contribution in [0.5, 0.6) is 0 Å². The molecule has 0 saturated carbocycles. The van der Waals surface area contributed by atoms with Crippen molar-refractivity contribution in [1.82, 2.24) is 16.0 Å². The second-order valence-electron chi connectivity index (χ2n) is 4.77. The number of benzene rings is 1. The van der Waals surface area contributed by atoms with Crippen molar-refractivity contribution in [3.05, 3.63) is 35.9 Å². The standard InChI is InChI=1S/C15H21N3O4/c1-10(13(19)16-3)17-14(20)11(2)18-15(21)22-9-12-7-5-4-6-8-12/h4-8,10-11H,9H2,1-3H3,(H,16,19)(H,17,20)(H,18,21)/t10-,11-/m0/s1. The maximum Gasteiger partial charge on any atom is 0.408 e. The molecular weight excluding hydrogens is 286 g/mol. The number of carbonyl (C=O) groups is 3. The van der Waals surface area contributed by atoms with Gasteiger partial charge in [-0.05, 0) is 19.4 Å². The molecule has 3 N–H and O–H groups in total. The first kappa shape index (κ1) is 17.5. The summed E-state index contributed by atoms with van der Waals surface area (Å²) in [5.74, 6) is -0.778. The van der Waals surface area contributed by atoms with E-state index in [-0.39, 0.29) is 12.5 Å². The maximum atomic E-state index is 11.8. The van der Waals surface area contributed by atoms with Gasteiger partial charge < -0.3 is 20.7 Å². The fourth-order valence-corrected chi connectivity index (χ4v) is 1.63. The Morgan fingerprint density at radius 3 is 2.18 bits per heavy atom. The van der Waals surface area contributed by atoms with Crippen molar-refractivity contribution in [2.45, 2.75) is 32.5 Å². The van der Waals surface area contributed by atoms with Gasteiger partial charge in [-0.25, -0.2) is 4.79 Å². The lowest BCUT2D eigenvalue weighted by atomic mass is 10.2. The van der Waals surface area contributed by atoms with Crippen molar-refractivity contribution in [3.8, 4) is 0 Å². The smallest absolute Gasteiger partial charge is 0.408 e. The fraction of sp³-hybridized carbons (Fsp3) is 0.400.